The Morgan fingerprint density at radius 3 is 2.06 bits per heavy atom. The van der Waals surface area contributed by atoms with Crippen LogP contribution in [0, 0.1) is 10.8 Å². The fourth-order valence-electron chi connectivity index (χ4n) is 2.01. The number of rotatable bonds is 3. The number of nitrogens with zero attached hydrogens (tertiary/aromatic N) is 3. The van der Waals surface area contributed by atoms with Gasteiger partial charge in [-0.2, -0.15) is 0 Å². The summed E-state index contributed by atoms with van der Waals surface area (Å²) in [6.45, 7) is 12.8. The summed E-state index contributed by atoms with van der Waals surface area (Å²) in [6.07, 6.45) is 0. The lowest BCUT2D eigenvalue weighted by Crippen LogP contribution is -2.52. The molecule has 1 saturated heterocycles. The van der Waals surface area contributed by atoms with Gasteiger partial charge in [0.25, 0.3) is 0 Å². The lowest BCUT2D eigenvalue weighted by atomic mass is 9.93. The molecule has 1 aliphatic heterocycles. The fraction of sp³-hybridized carbons (Fsp3) is 0.923. The van der Waals surface area contributed by atoms with Crippen LogP contribution in [0.5, 0.6) is 0 Å². The minimum atomic E-state index is -0.0220. The molecule has 0 amide bonds. The Kier molecular flexibility index (Phi) is 4.95. The van der Waals surface area contributed by atoms with Gasteiger partial charge in [0.1, 0.15) is 5.84 Å². The number of nitrogens with one attached hydrogen (secondary N) is 1. The van der Waals surface area contributed by atoms with Gasteiger partial charge in [0.15, 0.2) is 0 Å². The van der Waals surface area contributed by atoms with Crippen molar-refractivity contribution >= 4 is 5.84 Å². The Labute approximate surface area is 106 Å². The first-order valence-electron chi connectivity index (χ1n) is 6.52. The van der Waals surface area contributed by atoms with E-state index in [0.29, 0.717) is 0 Å². The van der Waals surface area contributed by atoms with E-state index in [9.17, 15) is 0 Å². The van der Waals surface area contributed by atoms with E-state index in [-0.39, 0.29) is 5.41 Å². The van der Waals surface area contributed by atoms with Gasteiger partial charge in [0, 0.05) is 44.7 Å². The molecule has 0 spiro atoms. The van der Waals surface area contributed by atoms with Crippen molar-refractivity contribution in [1.29, 1.82) is 5.41 Å². The van der Waals surface area contributed by atoms with E-state index in [0.717, 1.165) is 45.1 Å². The summed E-state index contributed by atoms with van der Waals surface area (Å²) < 4.78 is 0. The van der Waals surface area contributed by atoms with E-state index in [1.807, 2.05) is 0 Å². The molecular formula is C13H28N4. The van der Waals surface area contributed by atoms with Crippen LogP contribution in [0.1, 0.15) is 20.8 Å². The molecule has 0 saturated carbocycles. The third-order valence-electron chi connectivity index (χ3n) is 3.26. The van der Waals surface area contributed by atoms with Crippen LogP contribution in [0.25, 0.3) is 0 Å². The zero-order valence-corrected chi connectivity index (χ0v) is 12.1. The van der Waals surface area contributed by atoms with Crippen molar-refractivity contribution in [2.75, 3.05) is 53.4 Å². The van der Waals surface area contributed by atoms with Gasteiger partial charge in [-0.25, -0.2) is 0 Å². The first-order chi connectivity index (χ1) is 7.80. The number of hydrogen-bond acceptors (Lipinski definition) is 3. The van der Waals surface area contributed by atoms with Gasteiger partial charge in [-0.3, -0.25) is 10.3 Å². The second kappa shape index (κ2) is 5.83. The third kappa shape index (κ3) is 4.64. The highest BCUT2D eigenvalue weighted by molar-refractivity contribution is 5.84. The summed E-state index contributed by atoms with van der Waals surface area (Å²) in [5.41, 5.74) is -0.0220. The van der Waals surface area contributed by atoms with E-state index >= 15 is 0 Å². The van der Waals surface area contributed by atoms with E-state index in [1.165, 1.54) is 0 Å². The monoisotopic (exact) mass is 240 g/mol. The lowest BCUT2D eigenvalue weighted by Gasteiger charge is -2.39. The summed E-state index contributed by atoms with van der Waals surface area (Å²) in [6, 6.07) is 0. The first kappa shape index (κ1) is 14.5. The molecule has 4 heteroatoms. The van der Waals surface area contributed by atoms with Crippen LogP contribution in [0.15, 0.2) is 0 Å². The lowest BCUT2D eigenvalue weighted by molar-refractivity contribution is 0.162. The second-order valence-corrected chi connectivity index (χ2v) is 6.23. The highest BCUT2D eigenvalue weighted by Gasteiger charge is 2.26. The smallest absolute Gasteiger partial charge is 0.101 e. The molecule has 0 radical (unpaired) electrons. The highest BCUT2D eigenvalue weighted by Crippen LogP contribution is 2.18. The minimum Gasteiger partial charge on any atom is -0.358 e. The zero-order valence-electron chi connectivity index (χ0n) is 12.1. The van der Waals surface area contributed by atoms with Gasteiger partial charge in [0.05, 0.1) is 0 Å². The van der Waals surface area contributed by atoms with Crippen LogP contribution >= 0.6 is 0 Å². The normalized spacial score (nSPS) is 18.8. The molecule has 0 bridgehead atoms. The van der Waals surface area contributed by atoms with Crippen LogP contribution in [0.4, 0.5) is 0 Å². The van der Waals surface area contributed by atoms with E-state index in [1.54, 1.807) is 0 Å². The van der Waals surface area contributed by atoms with E-state index < -0.39 is 0 Å². The van der Waals surface area contributed by atoms with Gasteiger partial charge < -0.3 is 9.80 Å². The molecule has 1 rings (SSSR count). The molecule has 0 unspecified atom stereocenters. The van der Waals surface area contributed by atoms with Crippen molar-refractivity contribution in [3.63, 3.8) is 0 Å². The maximum atomic E-state index is 8.17. The number of piperazine rings is 1. The average molecular weight is 240 g/mol. The minimum absolute atomic E-state index is 0.0220. The van der Waals surface area contributed by atoms with Gasteiger partial charge in [0.2, 0.25) is 0 Å². The number of hydrogen-bond donors (Lipinski definition) is 1. The predicted molar refractivity (Wildman–Crippen MR) is 73.7 cm³/mol. The molecule has 0 aromatic rings. The molecule has 4 nitrogen and oxygen atoms in total. The quantitative estimate of drug-likeness (QED) is 0.594. The molecule has 0 aliphatic carbocycles. The predicted octanol–water partition coefficient (Wildman–Crippen LogP) is 1.19. The van der Waals surface area contributed by atoms with Crippen molar-refractivity contribution < 1.29 is 0 Å². The molecule has 17 heavy (non-hydrogen) atoms. The van der Waals surface area contributed by atoms with Crippen LogP contribution in [-0.4, -0.2) is 73.9 Å². The van der Waals surface area contributed by atoms with E-state index in [4.69, 9.17) is 5.41 Å². The van der Waals surface area contributed by atoms with Gasteiger partial charge in [-0.05, 0) is 14.1 Å². The van der Waals surface area contributed by atoms with Crippen molar-refractivity contribution in [3.8, 4) is 0 Å². The molecule has 100 valence electrons. The molecule has 0 atom stereocenters. The molecule has 0 aromatic heterocycles. The van der Waals surface area contributed by atoms with E-state index in [2.05, 4.69) is 49.6 Å². The van der Waals surface area contributed by atoms with Crippen molar-refractivity contribution in [1.82, 2.24) is 14.7 Å². The number of amidine groups is 1. The summed E-state index contributed by atoms with van der Waals surface area (Å²) in [7, 11) is 4.23. The van der Waals surface area contributed by atoms with Gasteiger partial charge in [-0.15, -0.1) is 0 Å². The Hall–Kier alpha value is -0.610. The van der Waals surface area contributed by atoms with Gasteiger partial charge >= 0.3 is 0 Å². The van der Waals surface area contributed by atoms with Crippen molar-refractivity contribution in [3.05, 3.63) is 0 Å². The Morgan fingerprint density at radius 1 is 1.12 bits per heavy atom. The Balaban J connectivity index is 2.33. The van der Waals surface area contributed by atoms with Crippen molar-refractivity contribution in [2.24, 2.45) is 5.41 Å². The Bertz CT molecular complexity index is 247. The van der Waals surface area contributed by atoms with Crippen LogP contribution in [-0.2, 0) is 0 Å². The third-order valence-corrected chi connectivity index (χ3v) is 3.26. The molecular weight excluding hydrogens is 212 g/mol. The molecule has 1 N–H and O–H groups in total. The average Bonchev–Trinajstić information content (AvgIpc) is 2.25. The molecule has 0 aromatic carbocycles. The maximum absolute atomic E-state index is 8.17. The van der Waals surface area contributed by atoms with Crippen LogP contribution in [0.2, 0.25) is 0 Å². The van der Waals surface area contributed by atoms with Gasteiger partial charge in [-0.1, -0.05) is 20.8 Å². The topological polar surface area (TPSA) is 33.6 Å². The second-order valence-electron chi connectivity index (χ2n) is 6.23. The molecule has 1 aliphatic rings. The van der Waals surface area contributed by atoms with Crippen molar-refractivity contribution in [2.45, 2.75) is 20.8 Å². The first-order valence-corrected chi connectivity index (χ1v) is 6.52. The number of likely N-dealkylation sites (N-methyl/N-ethyl adjacent to an activating group) is 1. The summed E-state index contributed by atoms with van der Waals surface area (Å²) in [5, 5.41) is 8.17. The molecule has 1 heterocycles. The largest absolute Gasteiger partial charge is 0.358 e. The highest BCUT2D eigenvalue weighted by atomic mass is 15.3. The SMILES string of the molecule is CN(C)CCN1CCN(C(=N)C(C)(C)C)CC1. The summed E-state index contributed by atoms with van der Waals surface area (Å²) in [4.78, 5) is 6.95. The molecule has 1 fully saturated rings. The standard InChI is InChI=1S/C13H28N4/c1-13(2,3)12(14)17-10-8-16(9-11-17)7-6-15(4)5/h14H,6-11H2,1-5H3. The summed E-state index contributed by atoms with van der Waals surface area (Å²) in [5.74, 6) is 0.782. The van der Waals surface area contributed by atoms with Crippen LogP contribution < -0.4 is 0 Å². The van der Waals surface area contributed by atoms with Crippen LogP contribution in [0.3, 0.4) is 0 Å². The zero-order chi connectivity index (χ0) is 13.1. The maximum Gasteiger partial charge on any atom is 0.101 e. The Morgan fingerprint density at radius 2 is 1.65 bits per heavy atom. The fourth-order valence-corrected chi connectivity index (χ4v) is 2.01. The summed E-state index contributed by atoms with van der Waals surface area (Å²) >= 11 is 0.